The van der Waals surface area contributed by atoms with Crippen LogP contribution in [-0.4, -0.2) is 45.9 Å². The lowest BCUT2D eigenvalue weighted by Gasteiger charge is -2.35. The number of carbonyl (C=O) groups is 1. The van der Waals surface area contributed by atoms with Crippen molar-refractivity contribution < 1.29 is 18.0 Å². The number of amides is 1. The number of halogens is 3. The highest BCUT2D eigenvalue weighted by molar-refractivity contribution is 7.07. The van der Waals surface area contributed by atoms with Crippen molar-refractivity contribution in [2.75, 3.05) is 19.6 Å². The Hall–Kier alpha value is -1.93. The number of carbonyl (C=O) groups excluding carboxylic acids is 1. The molecule has 4 nitrogen and oxygen atoms in total. The summed E-state index contributed by atoms with van der Waals surface area (Å²) in [6.07, 6.45) is -1.37. The van der Waals surface area contributed by atoms with Crippen molar-refractivity contribution in [2.45, 2.75) is 37.5 Å². The lowest BCUT2D eigenvalue weighted by atomic mass is 9.94. The van der Waals surface area contributed by atoms with Crippen molar-refractivity contribution in [3.63, 3.8) is 0 Å². The molecule has 0 aliphatic carbocycles. The molecule has 144 valence electrons. The van der Waals surface area contributed by atoms with Gasteiger partial charge in [0, 0.05) is 30.6 Å². The molecule has 2 aromatic rings. The van der Waals surface area contributed by atoms with Crippen LogP contribution in [-0.2, 0) is 12.7 Å². The number of hydrogen-bond donors (Lipinski definition) is 0. The number of rotatable bonds is 3. The van der Waals surface area contributed by atoms with Gasteiger partial charge in [-0.05, 0) is 43.5 Å². The molecule has 2 aliphatic rings. The predicted molar refractivity (Wildman–Crippen MR) is 96.5 cm³/mol. The van der Waals surface area contributed by atoms with Crippen LogP contribution in [0.15, 0.2) is 35.2 Å². The second kappa shape index (κ2) is 6.91. The Bertz CT molecular complexity index is 807. The van der Waals surface area contributed by atoms with Gasteiger partial charge in [-0.2, -0.15) is 13.2 Å². The fraction of sp³-hybridized carbons (Fsp3) is 0.474. The Morgan fingerprint density at radius 1 is 1.19 bits per heavy atom. The molecule has 1 aromatic heterocycles. The summed E-state index contributed by atoms with van der Waals surface area (Å²) in [5.74, 6) is -0.0329. The summed E-state index contributed by atoms with van der Waals surface area (Å²) in [7, 11) is 0. The van der Waals surface area contributed by atoms with Crippen LogP contribution in [0.2, 0.25) is 0 Å². The molecule has 4 rings (SSSR count). The largest absolute Gasteiger partial charge is 0.416 e. The van der Waals surface area contributed by atoms with Crippen LogP contribution in [0.4, 0.5) is 13.2 Å². The molecule has 1 atom stereocenters. The topological polar surface area (TPSA) is 36.4 Å². The second-order valence-electron chi connectivity index (χ2n) is 7.29. The smallest absolute Gasteiger partial charge is 0.335 e. The molecule has 0 radical (unpaired) electrons. The maximum atomic E-state index is 12.7. The minimum atomic E-state index is -4.31. The summed E-state index contributed by atoms with van der Waals surface area (Å²) in [5, 5.41) is 1.77. The number of thiazole rings is 1. The first-order valence-corrected chi connectivity index (χ1v) is 9.90. The van der Waals surface area contributed by atoms with Gasteiger partial charge in [-0.3, -0.25) is 9.69 Å². The fourth-order valence-corrected chi connectivity index (χ4v) is 4.76. The summed E-state index contributed by atoms with van der Waals surface area (Å²) in [6.45, 7) is 2.86. The van der Waals surface area contributed by atoms with Crippen LogP contribution in [0.5, 0.6) is 0 Å². The first-order valence-electron chi connectivity index (χ1n) is 8.96. The third-order valence-electron chi connectivity index (χ3n) is 5.67. The van der Waals surface area contributed by atoms with Crippen LogP contribution >= 0.6 is 11.3 Å². The van der Waals surface area contributed by atoms with Crippen molar-refractivity contribution >= 4 is 17.2 Å². The number of hydrogen-bond acceptors (Lipinski definition) is 4. The number of aromatic nitrogens is 1. The minimum absolute atomic E-state index is 0.0329. The Morgan fingerprint density at radius 2 is 1.96 bits per heavy atom. The van der Waals surface area contributed by atoms with Crippen molar-refractivity contribution in [3.8, 4) is 0 Å². The maximum absolute atomic E-state index is 12.7. The van der Waals surface area contributed by atoms with Crippen molar-refractivity contribution in [2.24, 2.45) is 0 Å². The van der Waals surface area contributed by atoms with E-state index in [1.54, 1.807) is 23.0 Å². The van der Waals surface area contributed by atoms with Crippen LogP contribution in [0.25, 0.3) is 0 Å². The van der Waals surface area contributed by atoms with Gasteiger partial charge in [0.2, 0.25) is 0 Å². The van der Waals surface area contributed by atoms with Gasteiger partial charge in [-0.15, -0.1) is 11.3 Å². The molecule has 27 heavy (non-hydrogen) atoms. The molecular weight excluding hydrogens is 375 g/mol. The number of alkyl halides is 3. The van der Waals surface area contributed by atoms with Gasteiger partial charge < -0.3 is 4.90 Å². The van der Waals surface area contributed by atoms with E-state index >= 15 is 0 Å². The Labute approximate surface area is 159 Å². The zero-order chi connectivity index (χ0) is 19.1. The number of likely N-dealkylation sites (tertiary alicyclic amines) is 2. The van der Waals surface area contributed by atoms with E-state index in [1.165, 1.54) is 11.3 Å². The molecule has 3 heterocycles. The van der Waals surface area contributed by atoms with Crippen LogP contribution in [0.3, 0.4) is 0 Å². The first kappa shape index (κ1) is 18.4. The summed E-state index contributed by atoms with van der Waals surface area (Å²) in [5.41, 5.74) is 2.32. The van der Waals surface area contributed by atoms with Crippen LogP contribution in [0.1, 0.15) is 40.9 Å². The van der Waals surface area contributed by atoms with Crippen LogP contribution < -0.4 is 0 Å². The third kappa shape index (κ3) is 3.60. The summed E-state index contributed by atoms with van der Waals surface area (Å²) in [6, 6.07) is 5.40. The summed E-state index contributed by atoms with van der Waals surface area (Å²) >= 11 is 1.41. The minimum Gasteiger partial charge on any atom is -0.335 e. The molecule has 2 saturated heterocycles. The van der Waals surface area contributed by atoms with Crippen molar-refractivity contribution in [1.82, 2.24) is 14.8 Å². The van der Waals surface area contributed by atoms with E-state index in [-0.39, 0.29) is 11.4 Å². The lowest BCUT2D eigenvalue weighted by Crippen LogP contribution is -2.46. The third-order valence-corrected chi connectivity index (χ3v) is 6.25. The normalized spacial score (nSPS) is 23.4. The molecule has 1 amide bonds. The standard InChI is InChI=1S/C19H20F3N3OS/c20-19(21,22)15-4-2-14(3-5-15)10-25-8-1-6-18(25)7-9-24(12-18)17(26)16-11-27-13-23-16/h2-5,11,13H,1,6-10,12H2. The van der Waals surface area contributed by atoms with E-state index in [1.807, 2.05) is 4.90 Å². The van der Waals surface area contributed by atoms with Gasteiger partial charge in [0.15, 0.2) is 0 Å². The van der Waals surface area contributed by atoms with E-state index in [9.17, 15) is 18.0 Å². The quantitative estimate of drug-likeness (QED) is 0.787. The predicted octanol–water partition coefficient (Wildman–Crippen LogP) is 4.04. The molecule has 0 saturated carbocycles. The second-order valence-corrected chi connectivity index (χ2v) is 8.01. The SMILES string of the molecule is O=C(c1cscn1)N1CCC2(CCCN2Cc2ccc(C(F)(F)F)cc2)C1. The van der Waals surface area contributed by atoms with Gasteiger partial charge in [-0.1, -0.05) is 12.1 Å². The monoisotopic (exact) mass is 395 g/mol. The number of benzene rings is 1. The summed E-state index contributed by atoms with van der Waals surface area (Å²) in [4.78, 5) is 20.9. The van der Waals surface area contributed by atoms with E-state index in [2.05, 4.69) is 9.88 Å². The highest BCUT2D eigenvalue weighted by Gasteiger charge is 2.47. The highest BCUT2D eigenvalue weighted by atomic mass is 32.1. The van der Waals surface area contributed by atoms with Gasteiger partial charge in [-0.25, -0.2) is 4.98 Å². The molecule has 1 aromatic carbocycles. The Balaban J connectivity index is 1.45. The van der Waals surface area contributed by atoms with E-state index < -0.39 is 11.7 Å². The molecule has 0 N–H and O–H groups in total. The number of nitrogens with zero attached hydrogens (tertiary/aromatic N) is 3. The van der Waals surface area contributed by atoms with Gasteiger partial charge in [0.05, 0.1) is 11.1 Å². The fourth-order valence-electron chi connectivity index (χ4n) is 4.23. The molecule has 2 aliphatic heterocycles. The van der Waals surface area contributed by atoms with E-state index in [0.717, 1.165) is 43.5 Å². The first-order chi connectivity index (χ1) is 12.9. The van der Waals surface area contributed by atoms with Gasteiger partial charge >= 0.3 is 6.18 Å². The molecule has 8 heteroatoms. The summed E-state index contributed by atoms with van der Waals surface area (Å²) < 4.78 is 38.2. The van der Waals surface area contributed by atoms with E-state index in [0.29, 0.717) is 25.3 Å². The molecule has 1 spiro atoms. The average molecular weight is 395 g/mol. The average Bonchev–Trinajstić information content (AvgIpc) is 3.38. The zero-order valence-corrected chi connectivity index (χ0v) is 15.5. The van der Waals surface area contributed by atoms with Crippen LogP contribution in [0, 0.1) is 0 Å². The van der Waals surface area contributed by atoms with E-state index in [4.69, 9.17) is 0 Å². The Kier molecular flexibility index (Phi) is 4.71. The highest BCUT2D eigenvalue weighted by Crippen LogP contribution is 2.39. The molecule has 1 unspecified atom stereocenters. The molecule has 2 fully saturated rings. The maximum Gasteiger partial charge on any atom is 0.416 e. The molecule has 0 bridgehead atoms. The lowest BCUT2D eigenvalue weighted by molar-refractivity contribution is -0.137. The van der Waals surface area contributed by atoms with Crippen molar-refractivity contribution in [1.29, 1.82) is 0 Å². The molecular formula is C19H20F3N3OS. The van der Waals surface area contributed by atoms with Gasteiger partial charge in [0.1, 0.15) is 5.69 Å². The van der Waals surface area contributed by atoms with Crippen molar-refractivity contribution in [3.05, 3.63) is 52.0 Å². The zero-order valence-electron chi connectivity index (χ0n) is 14.7. The van der Waals surface area contributed by atoms with Gasteiger partial charge in [0.25, 0.3) is 5.91 Å². The Morgan fingerprint density at radius 3 is 2.63 bits per heavy atom.